The first-order valence-corrected chi connectivity index (χ1v) is 8.15. The Morgan fingerprint density at radius 1 is 1.16 bits per heavy atom. The lowest BCUT2D eigenvalue weighted by Crippen LogP contribution is -2.38. The van der Waals surface area contributed by atoms with E-state index in [1.165, 1.54) is 0 Å². The highest BCUT2D eigenvalue weighted by atomic mass is 16.7. The van der Waals surface area contributed by atoms with E-state index >= 15 is 0 Å². The van der Waals surface area contributed by atoms with Gasteiger partial charge in [-0.25, -0.2) is 4.79 Å². The van der Waals surface area contributed by atoms with Crippen LogP contribution in [0.15, 0.2) is 42.5 Å². The minimum Gasteiger partial charge on any atom is -0.462 e. The number of hydrogen-bond donors (Lipinski definition) is 2. The summed E-state index contributed by atoms with van der Waals surface area (Å²) < 4.78 is 17.2. The number of carbonyl (C=O) groups is 1. The third-order valence-electron chi connectivity index (χ3n) is 4.21. The van der Waals surface area contributed by atoms with Crippen molar-refractivity contribution in [3.63, 3.8) is 0 Å². The zero-order valence-electron chi connectivity index (χ0n) is 14.6. The summed E-state index contributed by atoms with van der Waals surface area (Å²) in [5.41, 5.74) is 1.80. The molecular formula is C19H22N2O4. The first kappa shape index (κ1) is 17.1. The Morgan fingerprint density at radius 2 is 1.88 bits per heavy atom. The largest absolute Gasteiger partial charge is 0.462 e. The predicted octanol–water partition coefficient (Wildman–Crippen LogP) is 3.92. The summed E-state index contributed by atoms with van der Waals surface area (Å²) in [4.78, 5) is 11.3. The van der Waals surface area contributed by atoms with E-state index in [2.05, 4.69) is 10.6 Å². The number of amides is 2. The predicted molar refractivity (Wildman–Crippen MR) is 95.4 cm³/mol. The average molecular weight is 342 g/mol. The summed E-state index contributed by atoms with van der Waals surface area (Å²) in [6.07, 6.45) is 1.66. The number of hydrogen-bond acceptors (Lipinski definition) is 4. The maximum absolute atomic E-state index is 11.3. The van der Waals surface area contributed by atoms with Gasteiger partial charge < -0.3 is 24.8 Å². The van der Waals surface area contributed by atoms with Crippen LogP contribution in [-0.2, 0) is 11.2 Å². The Hall–Kier alpha value is -2.73. The van der Waals surface area contributed by atoms with Crippen molar-refractivity contribution in [2.75, 3.05) is 19.5 Å². The van der Waals surface area contributed by atoms with Crippen LogP contribution in [0.5, 0.6) is 17.2 Å². The molecule has 25 heavy (non-hydrogen) atoms. The molecule has 1 atom stereocenters. The molecule has 1 unspecified atom stereocenters. The summed E-state index contributed by atoms with van der Waals surface area (Å²) in [7, 11) is 3.23. The number of methoxy groups -OCH3 is 1. The monoisotopic (exact) mass is 342 g/mol. The number of rotatable bonds is 4. The first-order chi connectivity index (χ1) is 12.0. The zero-order valence-corrected chi connectivity index (χ0v) is 14.6. The minimum atomic E-state index is -0.566. The number of urea groups is 1. The number of anilines is 1. The van der Waals surface area contributed by atoms with Gasteiger partial charge >= 0.3 is 6.03 Å². The van der Waals surface area contributed by atoms with Gasteiger partial charge in [-0.05, 0) is 54.4 Å². The summed E-state index contributed by atoms with van der Waals surface area (Å²) in [5, 5.41) is 5.21. The summed E-state index contributed by atoms with van der Waals surface area (Å²) in [6.45, 7) is 1.94. The molecule has 1 aliphatic rings. The van der Waals surface area contributed by atoms with Crippen LogP contribution >= 0.6 is 0 Å². The van der Waals surface area contributed by atoms with Crippen LogP contribution in [0.25, 0.3) is 0 Å². The molecule has 2 N–H and O–H groups in total. The van der Waals surface area contributed by atoms with E-state index in [-0.39, 0.29) is 6.03 Å². The Bertz CT molecular complexity index is 761. The van der Waals surface area contributed by atoms with E-state index in [9.17, 15) is 4.79 Å². The smallest absolute Gasteiger partial charge is 0.318 e. The molecule has 2 aromatic carbocycles. The van der Waals surface area contributed by atoms with E-state index in [1.54, 1.807) is 26.3 Å². The van der Waals surface area contributed by atoms with Crippen molar-refractivity contribution >= 4 is 11.7 Å². The standard InChI is InChI=1S/C19H22N2O4/c1-19(23-3)11-10-13-12-16(8-9-17(13)25-19)24-15-6-4-14(5-7-15)21-18(22)20-2/h4-9,12H,10-11H2,1-3H3,(H2,20,21,22). The van der Waals surface area contributed by atoms with Crippen LogP contribution in [0.2, 0.25) is 0 Å². The number of nitrogens with one attached hydrogen (secondary N) is 2. The van der Waals surface area contributed by atoms with Gasteiger partial charge in [-0.2, -0.15) is 0 Å². The molecule has 0 spiro atoms. The van der Waals surface area contributed by atoms with E-state index in [0.717, 1.165) is 29.9 Å². The molecule has 6 nitrogen and oxygen atoms in total. The quantitative estimate of drug-likeness (QED) is 0.884. The molecule has 132 valence electrons. The van der Waals surface area contributed by atoms with Crippen LogP contribution in [0, 0.1) is 0 Å². The van der Waals surface area contributed by atoms with E-state index in [4.69, 9.17) is 14.2 Å². The fourth-order valence-electron chi connectivity index (χ4n) is 2.64. The Labute approximate surface area is 147 Å². The topological polar surface area (TPSA) is 68.8 Å². The van der Waals surface area contributed by atoms with E-state index < -0.39 is 5.79 Å². The molecule has 3 rings (SSSR count). The summed E-state index contributed by atoms with van der Waals surface area (Å²) in [5.74, 6) is 1.70. The van der Waals surface area contributed by atoms with Gasteiger partial charge in [0, 0.05) is 33.2 Å². The molecule has 1 heterocycles. The van der Waals surface area contributed by atoms with Gasteiger partial charge in [0.2, 0.25) is 5.79 Å². The van der Waals surface area contributed by atoms with Crippen molar-refractivity contribution < 1.29 is 19.0 Å². The average Bonchev–Trinajstić information content (AvgIpc) is 2.63. The first-order valence-electron chi connectivity index (χ1n) is 8.15. The van der Waals surface area contributed by atoms with Crippen LogP contribution in [-0.4, -0.2) is 26.0 Å². The third kappa shape index (κ3) is 4.03. The number of ether oxygens (including phenoxy) is 3. The Morgan fingerprint density at radius 3 is 2.56 bits per heavy atom. The van der Waals surface area contributed by atoms with Gasteiger partial charge in [0.05, 0.1) is 0 Å². The van der Waals surface area contributed by atoms with Gasteiger partial charge in [0.25, 0.3) is 0 Å². The molecule has 6 heteroatoms. The van der Waals surface area contributed by atoms with Crippen molar-refractivity contribution in [1.29, 1.82) is 0 Å². The molecule has 0 fully saturated rings. The minimum absolute atomic E-state index is 0.258. The van der Waals surface area contributed by atoms with Crippen LogP contribution in [0.4, 0.5) is 10.5 Å². The molecular weight excluding hydrogens is 320 g/mol. The molecule has 0 saturated carbocycles. The number of aryl methyl sites for hydroxylation is 1. The van der Waals surface area contributed by atoms with Gasteiger partial charge in [0.15, 0.2) is 0 Å². The highest BCUT2D eigenvalue weighted by molar-refractivity contribution is 5.88. The van der Waals surface area contributed by atoms with Gasteiger partial charge in [-0.3, -0.25) is 0 Å². The molecule has 0 aromatic heterocycles. The highest BCUT2D eigenvalue weighted by Crippen LogP contribution is 2.36. The molecule has 0 saturated heterocycles. The fraction of sp³-hybridized carbons (Fsp3) is 0.316. The molecule has 0 aliphatic carbocycles. The van der Waals surface area contributed by atoms with Crippen LogP contribution in [0.3, 0.4) is 0 Å². The zero-order chi connectivity index (χ0) is 17.9. The number of carbonyl (C=O) groups excluding carboxylic acids is 1. The summed E-state index contributed by atoms with van der Waals surface area (Å²) in [6, 6.07) is 12.7. The lowest BCUT2D eigenvalue weighted by atomic mass is 10.0. The lowest BCUT2D eigenvalue weighted by Gasteiger charge is -2.34. The van der Waals surface area contributed by atoms with Gasteiger partial charge in [-0.1, -0.05) is 0 Å². The second-order valence-electron chi connectivity index (χ2n) is 6.04. The second kappa shape index (κ2) is 7.03. The normalized spacial score (nSPS) is 18.7. The maximum Gasteiger partial charge on any atom is 0.318 e. The van der Waals surface area contributed by atoms with Crippen molar-refractivity contribution in [3.8, 4) is 17.2 Å². The Kier molecular flexibility index (Phi) is 4.81. The maximum atomic E-state index is 11.3. The molecule has 1 aliphatic heterocycles. The van der Waals surface area contributed by atoms with Crippen LogP contribution in [0.1, 0.15) is 18.9 Å². The van der Waals surface area contributed by atoms with Crippen LogP contribution < -0.4 is 20.1 Å². The van der Waals surface area contributed by atoms with E-state index in [1.807, 2.05) is 37.3 Å². The van der Waals surface area contributed by atoms with E-state index in [0.29, 0.717) is 11.4 Å². The van der Waals surface area contributed by atoms with Crippen molar-refractivity contribution in [2.45, 2.75) is 25.6 Å². The van der Waals surface area contributed by atoms with Crippen molar-refractivity contribution in [3.05, 3.63) is 48.0 Å². The van der Waals surface area contributed by atoms with Crippen molar-refractivity contribution in [2.24, 2.45) is 0 Å². The van der Waals surface area contributed by atoms with Gasteiger partial charge in [-0.15, -0.1) is 0 Å². The lowest BCUT2D eigenvalue weighted by molar-refractivity contribution is -0.160. The molecule has 0 radical (unpaired) electrons. The second-order valence-corrected chi connectivity index (χ2v) is 6.04. The molecule has 2 amide bonds. The molecule has 2 aromatic rings. The highest BCUT2D eigenvalue weighted by Gasteiger charge is 2.31. The fourth-order valence-corrected chi connectivity index (χ4v) is 2.64. The molecule has 0 bridgehead atoms. The number of benzene rings is 2. The summed E-state index contributed by atoms with van der Waals surface area (Å²) >= 11 is 0. The Balaban J connectivity index is 1.69. The third-order valence-corrected chi connectivity index (χ3v) is 4.21. The van der Waals surface area contributed by atoms with Crippen molar-refractivity contribution in [1.82, 2.24) is 5.32 Å². The number of fused-ring (bicyclic) bond motifs is 1. The van der Waals surface area contributed by atoms with Gasteiger partial charge in [0.1, 0.15) is 17.2 Å². The SMILES string of the molecule is CNC(=O)Nc1ccc(Oc2ccc3c(c2)CCC(C)(OC)O3)cc1.